The maximum Gasteiger partial charge on any atom is 0.289 e. The average molecular weight is 477 g/mol. The van der Waals surface area contributed by atoms with E-state index in [9.17, 15) is 19.8 Å². The zero-order chi connectivity index (χ0) is 24.2. The lowest BCUT2D eigenvalue weighted by molar-refractivity contribution is -0.137. The lowest BCUT2D eigenvalue weighted by Gasteiger charge is -2.26. The molecule has 34 heavy (non-hydrogen) atoms. The molecule has 0 radical (unpaired) electrons. The Balaban J connectivity index is 1.54. The molecule has 186 valence electrons. The molecule has 13 nitrogen and oxygen atoms in total. The van der Waals surface area contributed by atoms with E-state index in [4.69, 9.17) is 4.74 Å². The number of aliphatic hydroxyl groups excluding tert-OH is 2. The summed E-state index contributed by atoms with van der Waals surface area (Å²) in [7, 11) is 1.65. The van der Waals surface area contributed by atoms with Gasteiger partial charge in [-0.05, 0) is 32.9 Å². The summed E-state index contributed by atoms with van der Waals surface area (Å²) in [5, 5.41) is 29.3. The Morgan fingerprint density at radius 1 is 1.15 bits per heavy atom. The summed E-state index contributed by atoms with van der Waals surface area (Å²) in [6, 6.07) is 0. The summed E-state index contributed by atoms with van der Waals surface area (Å²) in [5.41, 5.74) is 0.590. The molecule has 2 amide bonds. The highest BCUT2D eigenvalue weighted by atomic mass is 16.6. The van der Waals surface area contributed by atoms with Gasteiger partial charge in [-0.15, -0.1) is 0 Å². The standard InChI is InChI=1S/C21H32N8O5/c1-3-23-19(32)15-13(30)14(31)21(34-15)29-11-25-12-16(22-2)26-17(27-18(12)29)20(33)24-7-10-28-8-5-4-6-9-28/h11,13-15,21,30-31H,3-10H2,1-2H3,(H,23,32)(H,24,33)(H,22,26,27)/t13-,14+,15-,21+/m0/s1. The predicted octanol–water partition coefficient (Wildman–Crippen LogP) is -1.16. The van der Waals surface area contributed by atoms with Gasteiger partial charge in [0.2, 0.25) is 5.82 Å². The van der Waals surface area contributed by atoms with Crippen LogP contribution in [0.25, 0.3) is 11.2 Å². The lowest BCUT2D eigenvalue weighted by atomic mass is 10.1. The molecule has 2 aromatic rings. The number of likely N-dealkylation sites (N-methyl/N-ethyl adjacent to an activating group) is 1. The molecule has 0 bridgehead atoms. The van der Waals surface area contributed by atoms with Gasteiger partial charge in [-0.2, -0.15) is 0 Å². The van der Waals surface area contributed by atoms with Crippen molar-refractivity contribution >= 4 is 28.8 Å². The van der Waals surface area contributed by atoms with E-state index < -0.39 is 36.4 Å². The van der Waals surface area contributed by atoms with Crippen molar-refractivity contribution in [2.75, 3.05) is 45.1 Å². The fourth-order valence-electron chi connectivity index (χ4n) is 4.35. The quantitative estimate of drug-likeness (QED) is 0.313. The number of nitrogens with one attached hydrogen (secondary N) is 3. The number of fused-ring (bicyclic) bond motifs is 1. The van der Waals surface area contributed by atoms with E-state index in [1.165, 1.54) is 30.2 Å². The van der Waals surface area contributed by atoms with E-state index in [-0.39, 0.29) is 11.5 Å². The van der Waals surface area contributed by atoms with Crippen LogP contribution in [0.5, 0.6) is 0 Å². The molecular formula is C21H32N8O5. The van der Waals surface area contributed by atoms with Gasteiger partial charge >= 0.3 is 0 Å². The predicted molar refractivity (Wildman–Crippen MR) is 122 cm³/mol. The van der Waals surface area contributed by atoms with Gasteiger partial charge < -0.3 is 35.8 Å². The van der Waals surface area contributed by atoms with Gasteiger partial charge in [-0.1, -0.05) is 6.42 Å². The number of nitrogens with zero attached hydrogens (tertiary/aromatic N) is 5. The summed E-state index contributed by atoms with van der Waals surface area (Å²) in [6.07, 6.45) is -0.238. The monoisotopic (exact) mass is 476 g/mol. The van der Waals surface area contributed by atoms with Crippen LogP contribution < -0.4 is 16.0 Å². The minimum absolute atomic E-state index is 0.0643. The first-order valence-electron chi connectivity index (χ1n) is 11.7. The number of carbonyl (C=O) groups is 2. The van der Waals surface area contributed by atoms with Crippen LogP contribution in [0.4, 0.5) is 5.82 Å². The molecule has 13 heteroatoms. The van der Waals surface area contributed by atoms with Crippen molar-refractivity contribution in [2.24, 2.45) is 0 Å². The molecule has 4 atom stereocenters. The van der Waals surface area contributed by atoms with E-state index in [1.54, 1.807) is 14.0 Å². The number of ether oxygens (including phenoxy) is 1. The third-order valence-corrected chi connectivity index (χ3v) is 6.15. The van der Waals surface area contributed by atoms with Gasteiger partial charge in [0.15, 0.2) is 29.3 Å². The van der Waals surface area contributed by atoms with Crippen molar-refractivity contribution < 1.29 is 24.5 Å². The lowest BCUT2D eigenvalue weighted by Crippen LogP contribution is -2.42. The summed E-state index contributed by atoms with van der Waals surface area (Å²) in [4.78, 5) is 40.3. The van der Waals surface area contributed by atoms with Crippen LogP contribution in [0.15, 0.2) is 6.33 Å². The number of hydrogen-bond acceptors (Lipinski definition) is 10. The van der Waals surface area contributed by atoms with Gasteiger partial charge in [-0.25, -0.2) is 15.0 Å². The molecule has 0 aromatic carbocycles. The second-order valence-corrected chi connectivity index (χ2v) is 8.45. The van der Waals surface area contributed by atoms with E-state index >= 15 is 0 Å². The maximum absolute atomic E-state index is 12.8. The molecular weight excluding hydrogens is 444 g/mol. The number of hydrogen-bond donors (Lipinski definition) is 5. The first-order chi connectivity index (χ1) is 16.4. The van der Waals surface area contributed by atoms with Crippen molar-refractivity contribution in [3.63, 3.8) is 0 Å². The molecule has 2 saturated heterocycles. The highest BCUT2D eigenvalue weighted by molar-refractivity contribution is 5.94. The molecule has 0 spiro atoms. The van der Waals surface area contributed by atoms with Crippen molar-refractivity contribution in [3.05, 3.63) is 12.2 Å². The maximum atomic E-state index is 12.8. The zero-order valence-corrected chi connectivity index (χ0v) is 19.4. The number of likely N-dealkylation sites (tertiary alicyclic amines) is 1. The minimum Gasteiger partial charge on any atom is -0.387 e. The Morgan fingerprint density at radius 2 is 1.91 bits per heavy atom. The largest absolute Gasteiger partial charge is 0.387 e. The van der Waals surface area contributed by atoms with Crippen molar-refractivity contribution in [2.45, 2.75) is 50.7 Å². The number of anilines is 1. The summed E-state index contributed by atoms with van der Waals surface area (Å²) >= 11 is 0. The smallest absolute Gasteiger partial charge is 0.289 e. The highest BCUT2D eigenvalue weighted by Crippen LogP contribution is 2.32. The second-order valence-electron chi connectivity index (χ2n) is 8.45. The molecule has 0 aliphatic carbocycles. The molecule has 2 aromatic heterocycles. The van der Waals surface area contributed by atoms with Crippen LogP contribution in [0.1, 0.15) is 43.0 Å². The molecule has 2 fully saturated rings. The average Bonchev–Trinajstić information content (AvgIpc) is 3.40. The molecule has 4 rings (SSSR count). The van der Waals surface area contributed by atoms with E-state index in [0.717, 1.165) is 19.6 Å². The van der Waals surface area contributed by atoms with Crippen molar-refractivity contribution in [1.29, 1.82) is 0 Å². The SMILES string of the molecule is CCNC(=O)[C@H]1O[C@@H](n2cnc3c(NC)nc(C(=O)NCCN4CCCCC4)nc32)[C@H](O)[C@@H]1O. The first-order valence-corrected chi connectivity index (χ1v) is 11.7. The van der Waals surface area contributed by atoms with Gasteiger partial charge in [0.25, 0.3) is 11.8 Å². The van der Waals surface area contributed by atoms with Crippen LogP contribution in [0.3, 0.4) is 0 Å². The fraction of sp³-hybridized carbons (Fsp3) is 0.667. The number of piperidine rings is 1. The Morgan fingerprint density at radius 3 is 2.62 bits per heavy atom. The molecule has 0 unspecified atom stereocenters. The molecule has 5 N–H and O–H groups in total. The summed E-state index contributed by atoms with van der Waals surface area (Å²) in [5.74, 6) is -0.694. The number of aliphatic hydroxyl groups is 2. The van der Waals surface area contributed by atoms with E-state index in [0.29, 0.717) is 24.4 Å². The number of carbonyl (C=O) groups excluding carboxylic acids is 2. The van der Waals surface area contributed by atoms with Gasteiger partial charge in [0, 0.05) is 26.7 Å². The Labute approximate surface area is 196 Å². The van der Waals surface area contributed by atoms with Crippen LogP contribution in [0.2, 0.25) is 0 Å². The van der Waals surface area contributed by atoms with Crippen LogP contribution >= 0.6 is 0 Å². The van der Waals surface area contributed by atoms with Crippen molar-refractivity contribution in [1.82, 2.24) is 35.1 Å². The Hall–Kier alpha value is -2.87. The Bertz CT molecular complexity index is 1020. The van der Waals surface area contributed by atoms with Gasteiger partial charge in [0.05, 0.1) is 6.33 Å². The second kappa shape index (κ2) is 10.6. The topological polar surface area (TPSA) is 167 Å². The minimum atomic E-state index is -1.43. The van der Waals surface area contributed by atoms with Crippen LogP contribution in [-0.4, -0.2) is 105 Å². The first kappa shape index (κ1) is 24.3. The molecule has 0 saturated carbocycles. The normalized spacial score (nSPS) is 25.4. The van der Waals surface area contributed by atoms with Gasteiger partial charge in [-0.3, -0.25) is 14.2 Å². The fourth-order valence-corrected chi connectivity index (χ4v) is 4.35. The molecule has 2 aliphatic heterocycles. The van der Waals surface area contributed by atoms with E-state index in [1.807, 2.05) is 0 Å². The van der Waals surface area contributed by atoms with Gasteiger partial charge in [0.1, 0.15) is 12.2 Å². The number of aromatic nitrogens is 4. The molecule has 4 heterocycles. The van der Waals surface area contributed by atoms with E-state index in [2.05, 4.69) is 35.8 Å². The van der Waals surface area contributed by atoms with Crippen LogP contribution in [0, 0.1) is 0 Å². The van der Waals surface area contributed by atoms with Crippen molar-refractivity contribution in [3.8, 4) is 0 Å². The highest BCUT2D eigenvalue weighted by Gasteiger charge is 2.47. The number of rotatable bonds is 8. The molecule has 2 aliphatic rings. The summed E-state index contributed by atoms with van der Waals surface area (Å²) in [6.45, 7) is 5.40. The summed E-state index contributed by atoms with van der Waals surface area (Å²) < 4.78 is 7.08. The number of imidazole rings is 1. The van der Waals surface area contributed by atoms with Crippen LogP contribution in [-0.2, 0) is 9.53 Å². The number of amides is 2. The third-order valence-electron chi connectivity index (χ3n) is 6.15. The Kier molecular flexibility index (Phi) is 7.56. The third kappa shape index (κ3) is 4.82. The zero-order valence-electron chi connectivity index (χ0n) is 19.4.